The van der Waals surface area contributed by atoms with E-state index in [2.05, 4.69) is 25.4 Å². The summed E-state index contributed by atoms with van der Waals surface area (Å²) >= 11 is 0. The highest BCUT2D eigenvalue weighted by molar-refractivity contribution is 7.52. The number of aliphatic hydroxyl groups excluding tert-OH is 1. The molecule has 5 N–H and O–H groups in total. The summed E-state index contributed by atoms with van der Waals surface area (Å²) in [5.41, 5.74) is 1.96. The molecule has 0 amide bonds. The van der Waals surface area contributed by atoms with Crippen LogP contribution in [0.25, 0.3) is 11.2 Å². The summed E-state index contributed by atoms with van der Waals surface area (Å²) in [6.45, 7) is 3.68. The number of alkyl halides is 3. The number of hydrogen-bond donors (Lipinski definition) is 4. The number of carbonyl (C=O) groups excluding carboxylic acids is 1. The number of rotatable bonds is 12. The van der Waals surface area contributed by atoms with Gasteiger partial charge in [0.05, 0.1) is 19.0 Å². The largest absolute Gasteiger partial charge is 0.462 e. The zero-order valence-electron chi connectivity index (χ0n) is 23.0. The van der Waals surface area contributed by atoms with Crippen molar-refractivity contribution in [2.24, 2.45) is 0 Å². The fourth-order valence-electron chi connectivity index (χ4n) is 4.21. The fraction of sp³-hybridized carbons (Fsp3) is 0.500. The molecule has 42 heavy (non-hydrogen) atoms. The highest BCUT2D eigenvalue weighted by atomic mass is 31.2. The first kappa shape index (κ1) is 31.4. The lowest BCUT2D eigenvalue weighted by Gasteiger charge is -2.28. The lowest BCUT2D eigenvalue weighted by atomic mass is 9.96. The number of nitrogens with two attached hydrogens (primary N) is 1. The van der Waals surface area contributed by atoms with Crippen LogP contribution >= 0.6 is 7.75 Å². The summed E-state index contributed by atoms with van der Waals surface area (Å²) in [6, 6.07) is 6.51. The molecule has 0 unspecified atom stereocenters. The van der Waals surface area contributed by atoms with Crippen molar-refractivity contribution >= 4 is 36.6 Å². The predicted molar refractivity (Wildman–Crippen MR) is 143 cm³/mol. The van der Waals surface area contributed by atoms with Crippen LogP contribution in [-0.4, -0.2) is 80.7 Å². The highest BCUT2D eigenvalue weighted by Crippen LogP contribution is 2.50. The number of aromatic nitrogens is 4. The molecule has 4 rings (SSSR count). The lowest BCUT2D eigenvalue weighted by molar-refractivity contribution is -0.149. The molecule has 0 bridgehead atoms. The smallest absolute Gasteiger partial charge is 0.459 e. The number of nitrogens with zero attached hydrogens (tertiary/aromatic N) is 4. The summed E-state index contributed by atoms with van der Waals surface area (Å²) in [5, 5.41) is 15.9. The number of carbonyl (C=O) groups is 1. The molecule has 0 aliphatic carbocycles. The van der Waals surface area contributed by atoms with Crippen LogP contribution in [0.3, 0.4) is 0 Å². The third kappa shape index (κ3) is 6.29. The molecule has 1 aliphatic heterocycles. The number of hydrogen-bond acceptors (Lipinski definition) is 12. The zero-order valence-corrected chi connectivity index (χ0v) is 23.9. The van der Waals surface area contributed by atoms with Crippen LogP contribution in [-0.2, 0) is 23.4 Å². The Morgan fingerprint density at radius 1 is 1.26 bits per heavy atom. The van der Waals surface area contributed by atoms with Gasteiger partial charge in [-0.2, -0.15) is 15.1 Å². The Bertz CT molecular complexity index is 1450. The van der Waals surface area contributed by atoms with Gasteiger partial charge in [0.25, 0.3) is 6.43 Å². The van der Waals surface area contributed by atoms with Gasteiger partial charge in [0, 0.05) is 7.05 Å². The zero-order chi connectivity index (χ0) is 30.8. The van der Waals surface area contributed by atoms with Crippen molar-refractivity contribution in [1.29, 1.82) is 0 Å². The maximum atomic E-state index is 16.0. The maximum absolute atomic E-state index is 16.0. The Morgan fingerprint density at radius 3 is 2.57 bits per heavy atom. The van der Waals surface area contributed by atoms with E-state index in [0.717, 1.165) is 10.9 Å². The molecule has 0 saturated carbocycles. The number of fused-ring (bicyclic) bond motifs is 1. The van der Waals surface area contributed by atoms with Gasteiger partial charge in [-0.15, -0.1) is 0 Å². The minimum atomic E-state index is -4.49. The third-order valence-corrected chi connectivity index (χ3v) is 7.83. The Morgan fingerprint density at radius 2 is 1.95 bits per heavy atom. The molecular weight excluding hydrogens is 586 g/mol. The minimum absolute atomic E-state index is 0.0680. The van der Waals surface area contributed by atoms with Crippen molar-refractivity contribution in [2.45, 2.75) is 63.4 Å². The van der Waals surface area contributed by atoms with Crippen molar-refractivity contribution in [3.05, 3.63) is 36.7 Å². The van der Waals surface area contributed by atoms with Gasteiger partial charge in [-0.05, 0) is 32.9 Å². The normalized spacial score (nSPS) is 24.6. The number of esters is 1. The molecule has 1 fully saturated rings. The molecule has 3 aromatic rings. The molecule has 1 aliphatic rings. The summed E-state index contributed by atoms with van der Waals surface area (Å²) in [6.07, 6.45) is -9.67. The molecule has 0 radical (unpaired) electrons. The van der Waals surface area contributed by atoms with E-state index in [1.54, 1.807) is 32.0 Å². The summed E-state index contributed by atoms with van der Waals surface area (Å²) in [5.74, 6) is -0.828. The van der Waals surface area contributed by atoms with E-state index in [0.29, 0.717) is 0 Å². The topological polar surface area (TPSA) is 185 Å². The van der Waals surface area contributed by atoms with Crippen LogP contribution in [0.4, 0.5) is 24.9 Å². The first-order valence-corrected chi connectivity index (χ1v) is 14.3. The van der Waals surface area contributed by atoms with Crippen LogP contribution in [0.5, 0.6) is 5.75 Å². The van der Waals surface area contributed by atoms with E-state index in [-0.39, 0.29) is 28.7 Å². The van der Waals surface area contributed by atoms with Gasteiger partial charge < -0.3 is 30.2 Å². The van der Waals surface area contributed by atoms with Gasteiger partial charge in [0.1, 0.15) is 24.0 Å². The standard InChI is InChI=1S/C24H31F3N7O7P/c1-12(2)39-20(36)13(3)33-42(37,41-14-8-6-5-7-9-14)38-10-15-17(35)24(27,21(25)26)22(40-15)34-11-30-16-18(29-4)31-23(28)32-19(16)34/h5-9,11-13,15,17,21-22,35H,10H2,1-4H3,(H,33,37)(H3,28,29,31,32)/t13-,15+,17+,22+,24-,42+/m0/s1. The Labute approximate surface area is 238 Å². The number of anilines is 2. The number of nitrogen functional groups attached to an aromatic ring is 1. The summed E-state index contributed by atoms with van der Waals surface area (Å²) < 4.78 is 80.7. The van der Waals surface area contributed by atoms with Gasteiger partial charge in [0.2, 0.25) is 11.6 Å². The molecule has 14 nitrogen and oxygen atoms in total. The van der Waals surface area contributed by atoms with Gasteiger partial charge in [-0.3, -0.25) is 13.9 Å². The number of aliphatic hydroxyl groups is 1. The molecule has 18 heteroatoms. The number of halogens is 3. The van der Waals surface area contributed by atoms with Crippen LogP contribution in [0, 0.1) is 0 Å². The van der Waals surface area contributed by atoms with Crippen LogP contribution in [0.1, 0.15) is 27.0 Å². The van der Waals surface area contributed by atoms with Gasteiger partial charge in [-0.25, -0.2) is 22.7 Å². The van der Waals surface area contributed by atoms with Crippen molar-refractivity contribution in [3.8, 4) is 5.75 Å². The van der Waals surface area contributed by atoms with E-state index >= 15 is 4.39 Å². The van der Waals surface area contributed by atoms with Crippen LogP contribution in [0.2, 0.25) is 0 Å². The Balaban J connectivity index is 1.62. The van der Waals surface area contributed by atoms with E-state index in [4.69, 9.17) is 24.3 Å². The molecule has 6 atom stereocenters. The van der Waals surface area contributed by atoms with Crippen LogP contribution in [0.15, 0.2) is 36.7 Å². The molecule has 2 aromatic heterocycles. The molecule has 0 spiro atoms. The second-order valence-corrected chi connectivity index (χ2v) is 11.3. The number of nitrogens with one attached hydrogen (secondary N) is 2. The fourth-order valence-corrected chi connectivity index (χ4v) is 5.71. The first-order chi connectivity index (χ1) is 19.8. The Hall–Kier alpha value is -3.50. The Kier molecular flexibility index (Phi) is 9.27. The predicted octanol–water partition coefficient (Wildman–Crippen LogP) is 2.82. The molecule has 3 heterocycles. The number of para-hydroxylation sites is 1. The average molecular weight is 618 g/mol. The van der Waals surface area contributed by atoms with Crippen molar-refractivity contribution in [3.63, 3.8) is 0 Å². The lowest BCUT2D eigenvalue weighted by Crippen LogP contribution is -2.49. The number of benzene rings is 1. The molecule has 1 aromatic carbocycles. The summed E-state index contributed by atoms with van der Waals surface area (Å²) in [7, 11) is -2.98. The molecular formula is C24H31F3N7O7P. The highest BCUT2D eigenvalue weighted by Gasteiger charge is 2.64. The SMILES string of the molecule is CNc1nc(N)nc2c1ncn2[C@@H]1O[C@H](CO[P@](=O)(N[C@@H](C)C(=O)OC(C)C)Oc2ccccc2)[C@@H](O)[C@]1(F)C(F)F. The molecule has 1 saturated heterocycles. The van der Waals surface area contributed by atoms with Crippen molar-refractivity contribution < 1.29 is 46.2 Å². The number of imidazole rings is 1. The number of ether oxygens (including phenoxy) is 2. The van der Waals surface area contributed by atoms with Crippen molar-refractivity contribution in [2.75, 3.05) is 24.7 Å². The van der Waals surface area contributed by atoms with E-state index in [1.807, 2.05) is 0 Å². The van der Waals surface area contributed by atoms with E-state index in [1.165, 1.54) is 26.1 Å². The molecule has 230 valence electrons. The minimum Gasteiger partial charge on any atom is -0.462 e. The van der Waals surface area contributed by atoms with E-state index in [9.17, 15) is 23.2 Å². The average Bonchev–Trinajstić information content (AvgIpc) is 3.45. The maximum Gasteiger partial charge on any atom is 0.459 e. The van der Waals surface area contributed by atoms with Crippen molar-refractivity contribution in [1.82, 2.24) is 24.6 Å². The first-order valence-electron chi connectivity index (χ1n) is 12.7. The third-order valence-electron chi connectivity index (χ3n) is 6.19. The quantitative estimate of drug-likeness (QED) is 0.172. The van der Waals surface area contributed by atoms with E-state index < -0.39 is 63.0 Å². The second kappa shape index (κ2) is 12.4. The summed E-state index contributed by atoms with van der Waals surface area (Å²) in [4.78, 5) is 24.3. The van der Waals surface area contributed by atoms with Gasteiger partial charge in [0.15, 0.2) is 23.2 Å². The van der Waals surface area contributed by atoms with Gasteiger partial charge >= 0.3 is 13.7 Å². The monoisotopic (exact) mass is 617 g/mol. The second-order valence-electron chi connectivity index (χ2n) is 9.64. The van der Waals surface area contributed by atoms with Crippen LogP contribution < -0.4 is 20.7 Å². The van der Waals surface area contributed by atoms with Gasteiger partial charge in [-0.1, -0.05) is 18.2 Å².